The minimum absolute atomic E-state index is 0.0161. The van der Waals surface area contributed by atoms with Crippen LogP contribution in [0.3, 0.4) is 0 Å². The highest BCUT2D eigenvalue weighted by Crippen LogP contribution is 2.24. The van der Waals surface area contributed by atoms with Crippen molar-refractivity contribution in [2.24, 2.45) is 16.8 Å². The molecule has 1 amide bonds. The third kappa shape index (κ3) is 3.56. The summed E-state index contributed by atoms with van der Waals surface area (Å²) in [5.41, 5.74) is 0.535. The minimum atomic E-state index is -3.59. The molecule has 0 radical (unpaired) electrons. The van der Waals surface area contributed by atoms with Crippen LogP contribution in [0.25, 0.3) is 0 Å². The maximum atomic E-state index is 13.0. The lowest BCUT2D eigenvalue weighted by molar-refractivity contribution is -0.135. The molecule has 1 N–H and O–H groups in total. The van der Waals surface area contributed by atoms with Gasteiger partial charge in [0, 0.05) is 18.7 Å². The van der Waals surface area contributed by atoms with E-state index in [9.17, 15) is 13.2 Å². The van der Waals surface area contributed by atoms with Gasteiger partial charge in [-0.1, -0.05) is 32.9 Å². The van der Waals surface area contributed by atoms with Crippen LogP contribution in [0.2, 0.25) is 0 Å². The van der Waals surface area contributed by atoms with E-state index < -0.39 is 16.1 Å². The molecule has 7 heteroatoms. The normalized spacial score (nSPS) is 24.9. The number of likely N-dealkylation sites (tertiary alicyclic amines) is 1. The van der Waals surface area contributed by atoms with Crippen LogP contribution >= 0.6 is 0 Å². The number of rotatable bonds is 3. The first-order valence-corrected chi connectivity index (χ1v) is 10.3. The van der Waals surface area contributed by atoms with Crippen LogP contribution < -0.4 is 4.72 Å². The number of fused-ring (bicyclic) bond motifs is 1. The molecule has 0 aromatic heterocycles. The van der Waals surface area contributed by atoms with Crippen LogP contribution in [-0.2, 0) is 14.8 Å². The Bertz CT molecular complexity index is 802. The summed E-state index contributed by atoms with van der Waals surface area (Å²) in [6.07, 6.45) is 2.14. The second-order valence-corrected chi connectivity index (χ2v) is 8.95. The van der Waals surface area contributed by atoms with Crippen molar-refractivity contribution in [3.63, 3.8) is 0 Å². The SMILES string of the molecule is CC(C)[C@H](N=C1NS(=O)(=O)c2ccccc21)C(=O)N1CCC[C@@H](C)C1. The van der Waals surface area contributed by atoms with Crippen LogP contribution in [0, 0.1) is 11.8 Å². The van der Waals surface area contributed by atoms with Gasteiger partial charge in [0.15, 0.2) is 0 Å². The van der Waals surface area contributed by atoms with Crippen LogP contribution in [0.1, 0.15) is 39.2 Å². The molecule has 0 unspecified atom stereocenters. The highest BCUT2D eigenvalue weighted by atomic mass is 32.2. The van der Waals surface area contributed by atoms with Crippen molar-refractivity contribution >= 4 is 21.8 Å². The van der Waals surface area contributed by atoms with E-state index in [4.69, 9.17) is 0 Å². The Hall–Kier alpha value is -1.89. The molecule has 136 valence electrons. The molecule has 2 heterocycles. The number of piperidine rings is 1. The van der Waals surface area contributed by atoms with Crippen molar-refractivity contribution in [1.29, 1.82) is 0 Å². The first-order valence-electron chi connectivity index (χ1n) is 8.78. The summed E-state index contributed by atoms with van der Waals surface area (Å²) >= 11 is 0. The van der Waals surface area contributed by atoms with Gasteiger partial charge in [0.05, 0.1) is 4.90 Å². The molecule has 6 nitrogen and oxygen atoms in total. The molecule has 1 saturated heterocycles. The Labute approximate surface area is 149 Å². The Balaban J connectivity index is 1.92. The largest absolute Gasteiger partial charge is 0.341 e. The van der Waals surface area contributed by atoms with Crippen molar-refractivity contribution in [1.82, 2.24) is 9.62 Å². The van der Waals surface area contributed by atoms with E-state index in [0.29, 0.717) is 11.5 Å². The zero-order valence-electron chi connectivity index (χ0n) is 14.9. The third-order valence-electron chi connectivity index (χ3n) is 4.78. The second kappa shape index (κ2) is 6.78. The summed E-state index contributed by atoms with van der Waals surface area (Å²) in [4.78, 5) is 19.6. The van der Waals surface area contributed by atoms with Crippen molar-refractivity contribution in [2.75, 3.05) is 13.1 Å². The Morgan fingerprint density at radius 2 is 2.04 bits per heavy atom. The van der Waals surface area contributed by atoms with E-state index in [2.05, 4.69) is 16.6 Å². The van der Waals surface area contributed by atoms with Crippen LogP contribution in [0.5, 0.6) is 0 Å². The lowest BCUT2D eigenvalue weighted by atomic mass is 9.97. The van der Waals surface area contributed by atoms with E-state index in [1.165, 1.54) is 0 Å². The quantitative estimate of drug-likeness (QED) is 0.892. The average molecular weight is 363 g/mol. The van der Waals surface area contributed by atoms with Gasteiger partial charge in [-0.2, -0.15) is 0 Å². The van der Waals surface area contributed by atoms with Gasteiger partial charge in [-0.25, -0.2) is 8.42 Å². The van der Waals surface area contributed by atoms with Gasteiger partial charge in [0.2, 0.25) is 5.91 Å². The lowest BCUT2D eigenvalue weighted by Crippen LogP contribution is -2.46. The smallest absolute Gasteiger partial charge is 0.263 e. The Morgan fingerprint density at radius 1 is 1.32 bits per heavy atom. The maximum Gasteiger partial charge on any atom is 0.263 e. The summed E-state index contributed by atoms with van der Waals surface area (Å²) in [5, 5.41) is 0. The number of benzene rings is 1. The molecule has 0 aliphatic carbocycles. The fourth-order valence-electron chi connectivity index (χ4n) is 3.43. The van der Waals surface area contributed by atoms with Gasteiger partial charge in [0.25, 0.3) is 10.0 Å². The average Bonchev–Trinajstić information content (AvgIpc) is 2.83. The molecular weight excluding hydrogens is 338 g/mol. The van der Waals surface area contributed by atoms with Gasteiger partial charge in [-0.3, -0.25) is 14.5 Å². The van der Waals surface area contributed by atoms with E-state index in [1.807, 2.05) is 18.7 Å². The number of aliphatic imine (C=N–C) groups is 1. The fraction of sp³-hybridized carbons (Fsp3) is 0.556. The molecule has 0 spiro atoms. The molecule has 2 aliphatic heterocycles. The number of hydrogen-bond acceptors (Lipinski definition) is 4. The Kier molecular flexibility index (Phi) is 4.86. The topological polar surface area (TPSA) is 78.8 Å². The highest BCUT2D eigenvalue weighted by molar-refractivity contribution is 7.90. The lowest BCUT2D eigenvalue weighted by Gasteiger charge is -2.33. The summed E-state index contributed by atoms with van der Waals surface area (Å²) in [6, 6.07) is 6.14. The molecule has 25 heavy (non-hydrogen) atoms. The zero-order chi connectivity index (χ0) is 18.2. The number of sulfonamides is 1. The number of nitrogens with zero attached hydrogens (tertiary/aromatic N) is 2. The van der Waals surface area contributed by atoms with Crippen molar-refractivity contribution in [2.45, 2.75) is 44.6 Å². The molecule has 2 atom stereocenters. The van der Waals surface area contributed by atoms with Gasteiger partial charge >= 0.3 is 0 Å². The van der Waals surface area contributed by atoms with Gasteiger partial charge in [-0.05, 0) is 36.8 Å². The molecule has 1 aromatic rings. The van der Waals surface area contributed by atoms with Gasteiger partial charge < -0.3 is 4.90 Å². The monoisotopic (exact) mass is 363 g/mol. The predicted octanol–water partition coefficient (Wildman–Crippen LogP) is 2.01. The number of carbonyl (C=O) groups excluding carboxylic acids is 1. The number of amidine groups is 1. The number of hydrogen-bond donors (Lipinski definition) is 1. The predicted molar refractivity (Wildman–Crippen MR) is 96.9 cm³/mol. The van der Waals surface area contributed by atoms with E-state index >= 15 is 0 Å². The Morgan fingerprint density at radius 3 is 2.72 bits per heavy atom. The molecule has 1 fully saturated rings. The number of carbonyl (C=O) groups is 1. The first kappa shape index (κ1) is 17.9. The van der Waals surface area contributed by atoms with Crippen LogP contribution in [-0.4, -0.2) is 44.2 Å². The van der Waals surface area contributed by atoms with Gasteiger partial charge in [0.1, 0.15) is 11.9 Å². The van der Waals surface area contributed by atoms with E-state index in [-0.39, 0.29) is 22.6 Å². The second-order valence-electron chi connectivity index (χ2n) is 7.30. The number of amides is 1. The molecule has 0 saturated carbocycles. The molecule has 2 aliphatic rings. The molecule has 0 bridgehead atoms. The highest BCUT2D eigenvalue weighted by Gasteiger charge is 2.34. The standard InChI is InChI=1S/C18H25N3O3S/c1-12(2)16(18(22)21-10-6-7-13(3)11-21)19-17-14-8-4-5-9-15(14)25(23,24)20-17/h4-5,8-9,12-13,16H,6-7,10-11H2,1-3H3,(H,19,20)/t13-,16+/m1/s1. The van der Waals surface area contributed by atoms with E-state index in [1.54, 1.807) is 24.3 Å². The molecular formula is C18H25N3O3S. The maximum absolute atomic E-state index is 13.0. The third-order valence-corrected chi connectivity index (χ3v) is 6.18. The van der Waals surface area contributed by atoms with Crippen molar-refractivity contribution in [3.8, 4) is 0 Å². The zero-order valence-corrected chi connectivity index (χ0v) is 15.7. The van der Waals surface area contributed by atoms with Gasteiger partial charge in [-0.15, -0.1) is 0 Å². The summed E-state index contributed by atoms with van der Waals surface area (Å²) in [6.45, 7) is 7.52. The van der Waals surface area contributed by atoms with Crippen LogP contribution in [0.15, 0.2) is 34.2 Å². The summed E-state index contributed by atoms with van der Waals surface area (Å²) in [7, 11) is -3.59. The summed E-state index contributed by atoms with van der Waals surface area (Å²) in [5.74, 6) is 0.726. The summed E-state index contributed by atoms with van der Waals surface area (Å²) < 4.78 is 27.0. The molecule has 1 aromatic carbocycles. The van der Waals surface area contributed by atoms with Crippen molar-refractivity contribution < 1.29 is 13.2 Å². The van der Waals surface area contributed by atoms with E-state index in [0.717, 1.165) is 25.9 Å². The first-order chi connectivity index (χ1) is 11.8. The molecule has 3 rings (SSSR count). The fourth-order valence-corrected chi connectivity index (χ4v) is 4.67. The number of nitrogens with one attached hydrogen (secondary N) is 1. The van der Waals surface area contributed by atoms with Crippen LogP contribution in [0.4, 0.5) is 0 Å². The minimum Gasteiger partial charge on any atom is -0.341 e. The van der Waals surface area contributed by atoms with Crippen molar-refractivity contribution in [3.05, 3.63) is 29.8 Å².